The smallest absolute Gasteiger partial charge is 0.416 e. The lowest BCUT2D eigenvalue weighted by Crippen LogP contribution is -2.28. The first-order valence-electron chi connectivity index (χ1n) is 9.53. The highest BCUT2D eigenvalue weighted by Crippen LogP contribution is 2.32. The minimum Gasteiger partial charge on any atom is -0.447 e. The molecule has 1 heterocycles. The Morgan fingerprint density at radius 2 is 1.81 bits per heavy atom. The summed E-state index contributed by atoms with van der Waals surface area (Å²) in [5.41, 5.74) is 0.941. The minimum absolute atomic E-state index is 0.219. The van der Waals surface area contributed by atoms with Crippen LogP contribution in [0.4, 0.5) is 29.3 Å². The average Bonchev–Trinajstić information content (AvgIpc) is 3.16. The number of hydrogen-bond acceptors (Lipinski definition) is 6. The van der Waals surface area contributed by atoms with Crippen LogP contribution in [0.25, 0.3) is 11.5 Å². The van der Waals surface area contributed by atoms with Crippen LogP contribution in [0.5, 0.6) is 0 Å². The monoisotopic (exact) mass is 434 g/mol. The zero-order chi connectivity index (χ0) is 22.4. The van der Waals surface area contributed by atoms with Crippen molar-refractivity contribution in [2.75, 3.05) is 11.9 Å². The second kappa shape index (κ2) is 9.50. The van der Waals surface area contributed by atoms with Gasteiger partial charge in [0.2, 0.25) is 11.8 Å². The lowest BCUT2D eigenvalue weighted by atomic mass is 10.1. The van der Waals surface area contributed by atoms with Crippen molar-refractivity contribution < 1.29 is 27.1 Å². The van der Waals surface area contributed by atoms with Crippen molar-refractivity contribution in [3.8, 4) is 11.5 Å². The third-order valence-electron chi connectivity index (χ3n) is 4.07. The summed E-state index contributed by atoms with van der Waals surface area (Å²) in [6.45, 7) is 3.76. The van der Waals surface area contributed by atoms with Crippen LogP contribution in [0.1, 0.15) is 25.3 Å². The summed E-state index contributed by atoms with van der Waals surface area (Å²) in [5.74, 6) is 0.568. The average molecular weight is 434 g/mol. The Balaban J connectivity index is 1.67. The maximum Gasteiger partial charge on any atom is 0.416 e. The van der Waals surface area contributed by atoms with E-state index in [4.69, 9.17) is 9.15 Å². The Hall–Kier alpha value is -3.56. The van der Waals surface area contributed by atoms with Crippen molar-refractivity contribution in [2.24, 2.45) is 0 Å². The molecule has 7 nitrogen and oxygen atoms in total. The molecule has 164 valence electrons. The number of aromatic nitrogens is 2. The first kappa shape index (κ1) is 22.1. The summed E-state index contributed by atoms with van der Waals surface area (Å²) in [6, 6.07) is 11.8. The molecular weight excluding hydrogens is 413 g/mol. The molecule has 0 saturated carbocycles. The number of nitrogens with one attached hydrogen (secondary N) is 2. The molecule has 3 rings (SSSR count). The van der Waals surface area contributed by atoms with Crippen LogP contribution in [-0.2, 0) is 17.3 Å². The fourth-order valence-electron chi connectivity index (χ4n) is 2.67. The molecule has 1 aromatic heterocycles. The molecule has 2 N–H and O–H groups in total. The number of rotatable bonds is 7. The number of anilines is 2. The van der Waals surface area contributed by atoms with Gasteiger partial charge in [0.25, 0.3) is 0 Å². The summed E-state index contributed by atoms with van der Waals surface area (Å²) in [7, 11) is 0. The number of nitrogens with zero attached hydrogens (tertiary/aromatic N) is 2. The summed E-state index contributed by atoms with van der Waals surface area (Å²) in [5, 5.41) is 13.7. The first-order valence-corrected chi connectivity index (χ1v) is 9.53. The van der Waals surface area contributed by atoms with Crippen molar-refractivity contribution in [2.45, 2.75) is 32.5 Å². The van der Waals surface area contributed by atoms with Crippen molar-refractivity contribution in [3.05, 3.63) is 60.0 Å². The van der Waals surface area contributed by atoms with Gasteiger partial charge in [-0.2, -0.15) is 13.2 Å². The number of amides is 1. The number of carbonyl (C=O) groups is 1. The number of alkyl halides is 3. The molecule has 0 fully saturated rings. The summed E-state index contributed by atoms with van der Waals surface area (Å²) >= 11 is 0. The van der Waals surface area contributed by atoms with E-state index in [2.05, 4.69) is 20.8 Å². The first-order chi connectivity index (χ1) is 14.7. The van der Waals surface area contributed by atoms with Crippen LogP contribution in [0, 0.1) is 0 Å². The number of carbonyl (C=O) groups excluding carboxylic acids is 1. The van der Waals surface area contributed by atoms with Gasteiger partial charge in [-0.05, 0) is 50.2 Å². The van der Waals surface area contributed by atoms with Gasteiger partial charge >= 0.3 is 12.3 Å². The highest BCUT2D eigenvalue weighted by Gasteiger charge is 2.30. The Morgan fingerprint density at radius 1 is 1.10 bits per heavy atom. The van der Waals surface area contributed by atoms with Crippen LogP contribution < -0.4 is 10.6 Å². The summed E-state index contributed by atoms with van der Waals surface area (Å²) in [6.07, 6.45) is -4.82. The van der Waals surface area contributed by atoms with Crippen molar-refractivity contribution in [1.82, 2.24) is 15.5 Å². The van der Waals surface area contributed by atoms with Crippen LogP contribution in [0.2, 0.25) is 0 Å². The van der Waals surface area contributed by atoms with Crippen molar-refractivity contribution >= 4 is 17.5 Å². The molecule has 0 aliphatic carbocycles. The topological polar surface area (TPSA) is 89.3 Å². The van der Waals surface area contributed by atoms with Gasteiger partial charge in [-0.1, -0.05) is 12.1 Å². The van der Waals surface area contributed by atoms with E-state index in [1.807, 2.05) is 0 Å². The maximum atomic E-state index is 12.7. The Morgan fingerprint density at radius 3 is 2.48 bits per heavy atom. The lowest BCUT2D eigenvalue weighted by Gasteiger charge is -2.11. The predicted molar refractivity (Wildman–Crippen MR) is 108 cm³/mol. The van der Waals surface area contributed by atoms with E-state index >= 15 is 0 Å². The molecule has 0 radical (unpaired) electrons. The van der Waals surface area contributed by atoms with E-state index in [0.717, 1.165) is 12.1 Å². The largest absolute Gasteiger partial charge is 0.447 e. The molecule has 1 amide bonds. The summed E-state index contributed by atoms with van der Waals surface area (Å²) < 4.78 is 48.9. The van der Waals surface area contributed by atoms with Crippen molar-refractivity contribution in [1.29, 1.82) is 0 Å². The molecular formula is C21H21F3N4O3. The fourth-order valence-corrected chi connectivity index (χ4v) is 2.67. The number of para-hydroxylation sites is 1. The standard InChI is InChI=1S/C21H21F3N4O3/c1-13(2)30-20(29)25-12-11-18-27-28-19(31-18)16-5-3-4-6-17(16)26-15-9-7-14(8-10-15)21(22,23)24/h3-10,13,26H,11-12H2,1-2H3,(H,25,29). The molecule has 0 aliphatic rings. The van der Waals surface area contributed by atoms with Gasteiger partial charge in [0, 0.05) is 18.7 Å². The Labute approximate surface area is 176 Å². The van der Waals surface area contributed by atoms with Crippen LogP contribution in [0.3, 0.4) is 0 Å². The predicted octanol–water partition coefficient (Wildman–Crippen LogP) is 5.18. The Bertz CT molecular complexity index is 1020. The highest BCUT2D eigenvalue weighted by atomic mass is 19.4. The quantitative estimate of drug-likeness (QED) is 0.533. The van der Waals surface area contributed by atoms with Crippen LogP contribution in [-0.4, -0.2) is 28.9 Å². The molecule has 0 unspecified atom stereocenters. The van der Waals surface area contributed by atoms with E-state index in [1.165, 1.54) is 12.1 Å². The zero-order valence-electron chi connectivity index (χ0n) is 16.9. The van der Waals surface area contributed by atoms with Crippen LogP contribution in [0.15, 0.2) is 52.9 Å². The molecule has 0 spiro atoms. The van der Waals surface area contributed by atoms with Gasteiger partial charge in [0.1, 0.15) is 0 Å². The number of alkyl carbamates (subject to hydrolysis) is 1. The number of ether oxygens (including phenoxy) is 1. The van der Waals surface area contributed by atoms with E-state index < -0.39 is 17.8 Å². The second-order valence-electron chi connectivity index (χ2n) is 6.88. The van der Waals surface area contributed by atoms with Gasteiger partial charge in [0.05, 0.1) is 22.9 Å². The summed E-state index contributed by atoms with van der Waals surface area (Å²) in [4.78, 5) is 11.5. The number of hydrogen-bond donors (Lipinski definition) is 2. The molecule has 0 saturated heterocycles. The lowest BCUT2D eigenvalue weighted by molar-refractivity contribution is -0.137. The molecule has 3 aromatic rings. The molecule has 2 aromatic carbocycles. The third-order valence-corrected chi connectivity index (χ3v) is 4.07. The van der Waals surface area contributed by atoms with E-state index in [1.54, 1.807) is 38.1 Å². The second-order valence-corrected chi connectivity index (χ2v) is 6.88. The van der Waals surface area contributed by atoms with Gasteiger partial charge < -0.3 is 19.8 Å². The molecule has 31 heavy (non-hydrogen) atoms. The fraction of sp³-hybridized carbons (Fsp3) is 0.286. The minimum atomic E-state index is -4.39. The van der Waals surface area contributed by atoms with Gasteiger partial charge in [-0.15, -0.1) is 10.2 Å². The van der Waals surface area contributed by atoms with E-state index in [0.29, 0.717) is 29.2 Å². The SMILES string of the molecule is CC(C)OC(=O)NCCc1nnc(-c2ccccc2Nc2ccc(C(F)(F)F)cc2)o1. The number of halogens is 3. The third kappa shape index (κ3) is 6.21. The molecule has 10 heteroatoms. The van der Waals surface area contributed by atoms with E-state index in [9.17, 15) is 18.0 Å². The van der Waals surface area contributed by atoms with E-state index in [-0.39, 0.29) is 18.5 Å². The molecule has 0 atom stereocenters. The van der Waals surface area contributed by atoms with Gasteiger partial charge in [-0.25, -0.2) is 4.79 Å². The molecule has 0 aliphatic heterocycles. The van der Waals surface area contributed by atoms with Gasteiger partial charge in [-0.3, -0.25) is 0 Å². The van der Waals surface area contributed by atoms with Crippen LogP contribution >= 0.6 is 0 Å². The van der Waals surface area contributed by atoms with Crippen molar-refractivity contribution in [3.63, 3.8) is 0 Å². The normalized spacial score (nSPS) is 11.4. The highest BCUT2D eigenvalue weighted by molar-refractivity contribution is 5.76. The zero-order valence-corrected chi connectivity index (χ0v) is 16.9. The maximum absolute atomic E-state index is 12.7. The Kier molecular flexibility index (Phi) is 6.78. The number of benzene rings is 2. The van der Waals surface area contributed by atoms with Gasteiger partial charge in [0.15, 0.2) is 0 Å². The molecule has 0 bridgehead atoms.